The van der Waals surface area contributed by atoms with Crippen molar-refractivity contribution in [2.24, 2.45) is 0 Å². The first-order valence-corrected chi connectivity index (χ1v) is 10.6. The van der Waals surface area contributed by atoms with Crippen LogP contribution in [0.3, 0.4) is 0 Å². The van der Waals surface area contributed by atoms with E-state index >= 15 is 0 Å². The van der Waals surface area contributed by atoms with Gasteiger partial charge in [-0.25, -0.2) is 13.2 Å². The predicted octanol–water partition coefficient (Wildman–Crippen LogP) is 3.33. The van der Waals surface area contributed by atoms with E-state index in [4.69, 9.17) is 4.42 Å². The van der Waals surface area contributed by atoms with E-state index in [9.17, 15) is 13.2 Å². The highest BCUT2D eigenvalue weighted by Crippen LogP contribution is 2.35. The van der Waals surface area contributed by atoms with E-state index in [1.165, 1.54) is 23.5 Å². The molecule has 2 heterocycles. The molecule has 1 N–H and O–H groups in total. The number of anilines is 1. The average Bonchev–Trinajstić information content (AvgIpc) is 3.06. The Balaban J connectivity index is 1.70. The summed E-state index contributed by atoms with van der Waals surface area (Å²) < 4.78 is 37.3. The van der Waals surface area contributed by atoms with Crippen LogP contribution in [0.2, 0.25) is 0 Å². The van der Waals surface area contributed by atoms with Crippen molar-refractivity contribution in [3.8, 4) is 0 Å². The maximum atomic E-state index is 12.9. The van der Waals surface area contributed by atoms with E-state index < -0.39 is 16.1 Å². The van der Waals surface area contributed by atoms with Crippen LogP contribution in [-0.2, 0) is 14.8 Å². The maximum absolute atomic E-state index is 12.9. The van der Waals surface area contributed by atoms with Gasteiger partial charge in [-0.05, 0) is 42.8 Å². The Hall–Kier alpha value is -1.97. The SMILES string of the molecule is COC(=O)Nc1ccc(S(=O)(=O)N2CCS[C@@H](c3ccco3)CC2)cc1. The molecular weight excluding hydrogens is 376 g/mol. The van der Waals surface area contributed by atoms with Crippen LogP contribution in [0.4, 0.5) is 10.5 Å². The third kappa shape index (κ3) is 4.22. The minimum absolute atomic E-state index is 0.164. The highest BCUT2D eigenvalue weighted by atomic mass is 32.2. The Morgan fingerprint density at radius 1 is 1.27 bits per heavy atom. The number of hydrogen-bond donors (Lipinski definition) is 1. The molecule has 1 aliphatic rings. The molecule has 1 aliphatic heterocycles. The first-order chi connectivity index (χ1) is 12.5. The van der Waals surface area contributed by atoms with Crippen LogP contribution in [0.25, 0.3) is 0 Å². The smallest absolute Gasteiger partial charge is 0.411 e. The molecule has 0 saturated carbocycles. The minimum atomic E-state index is -3.58. The molecule has 1 saturated heterocycles. The number of carbonyl (C=O) groups is 1. The molecule has 3 rings (SSSR count). The molecule has 9 heteroatoms. The number of methoxy groups -OCH3 is 1. The molecule has 1 atom stereocenters. The van der Waals surface area contributed by atoms with E-state index in [0.29, 0.717) is 31.0 Å². The summed E-state index contributed by atoms with van der Waals surface area (Å²) in [6, 6.07) is 9.84. The van der Waals surface area contributed by atoms with Crippen LogP contribution < -0.4 is 5.32 Å². The lowest BCUT2D eigenvalue weighted by molar-refractivity contribution is 0.187. The fourth-order valence-electron chi connectivity index (χ4n) is 2.72. The van der Waals surface area contributed by atoms with Gasteiger partial charge in [-0.2, -0.15) is 4.31 Å². The molecule has 140 valence electrons. The number of nitrogens with one attached hydrogen (secondary N) is 1. The van der Waals surface area contributed by atoms with Gasteiger partial charge in [0, 0.05) is 24.5 Å². The Kier molecular flexibility index (Phi) is 5.90. The highest BCUT2D eigenvalue weighted by Gasteiger charge is 2.29. The molecule has 0 bridgehead atoms. The van der Waals surface area contributed by atoms with Gasteiger partial charge in [0.25, 0.3) is 0 Å². The van der Waals surface area contributed by atoms with E-state index in [1.54, 1.807) is 30.2 Å². The molecule has 7 nitrogen and oxygen atoms in total. The molecule has 1 aromatic carbocycles. The number of thioether (sulfide) groups is 1. The summed E-state index contributed by atoms with van der Waals surface area (Å²) in [5, 5.41) is 2.66. The molecule has 0 spiro atoms. The summed E-state index contributed by atoms with van der Waals surface area (Å²) in [6.07, 6.45) is 1.73. The van der Waals surface area contributed by atoms with Crippen molar-refractivity contribution < 1.29 is 22.4 Å². The highest BCUT2D eigenvalue weighted by molar-refractivity contribution is 7.99. The Morgan fingerprint density at radius 2 is 2.04 bits per heavy atom. The van der Waals surface area contributed by atoms with Gasteiger partial charge in [0.15, 0.2) is 0 Å². The van der Waals surface area contributed by atoms with Gasteiger partial charge >= 0.3 is 6.09 Å². The summed E-state index contributed by atoms with van der Waals surface area (Å²) in [6.45, 7) is 0.884. The maximum Gasteiger partial charge on any atom is 0.411 e. The second kappa shape index (κ2) is 8.15. The zero-order chi connectivity index (χ0) is 18.6. The standard InChI is InChI=1S/C17H20N2O5S2/c1-23-17(20)18-13-4-6-14(7-5-13)26(21,22)19-9-8-16(25-12-10-19)15-3-2-11-24-15/h2-7,11,16H,8-10,12H2,1H3,(H,18,20)/t16-/m1/s1. The molecule has 2 aromatic rings. The van der Waals surface area contributed by atoms with Crippen LogP contribution in [0, 0.1) is 0 Å². The van der Waals surface area contributed by atoms with Crippen LogP contribution >= 0.6 is 11.8 Å². The largest absolute Gasteiger partial charge is 0.468 e. The van der Waals surface area contributed by atoms with Gasteiger partial charge in [-0.3, -0.25) is 5.32 Å². The third-order valence-corrected chi connectivity index (χ3v) is 7.29. The Labute approximate surface area is 156 Å². The van der Waals surface area contributed by atoms with Crippen molar-refractivity contribution in [1.29, 1.82) is 0 Å². The quantitative estimate of drug-likeness (QED) is 0.853. The third-order valence-electron chi connectivity index (χ3n) is 4.08. The summed E-state index contributed by atoms with van der Waals surface area (Å²) in [4.78, 5) is 11.4. The Bertz CT molecular complexity index is 835. The number of rotatable bonds is 4. The summed E-state index contributed by atoms with van der Waals surface area (Å²) >= 11 is 1.71. The number of amides is 1. The fraction of sp³-hybridized carbons (Fsp3) is 0.353. The molecule has 1 aromatic heterocycles. The predicted molar refractivity (Wildman–Crippen MR) is 99.8 cm³/mol. The summed E-state index contributed by atoms with van der Waals surface area (Å²) in [5.74, 6) is 1.58. The zero-order valence-electron chi connectivity index (χ0n) is 14.3. The van der Waals surface area contributed by atoms with Gasteiger partial charge in [-0.15, -0.1) is 11.8 Å². The van der Waals surface area contributed by atoms with Crippen molar-refractivity contribution >= 4 is 33.6 Å². The topological polar surface area (TPSA) is 88.8 Å². The molecule has 1 amide bonds. The van der Waals surface area contributed by atoms with Gasteiger partial charge in [-0.1, -0.05) is 0 Å². The number of sulfonamides is 1. The van der Waals surface area contributed by atoms with Crippen molar-refractivity contribution in [3.63, 3.8) is 0 Å². The molecular formula is C17H20N2O5S2. The lowest BCUT2D eigenvalue weighted by Crippen LogP contribution is -2.33. The molecule has 26 heavy (non-hydrogen) atoms. The van der Waals surface area contributed by atoms with E-state index in [1.807, 2.05) is 12.1 Å². The normalized spacial score (nSPS) is 18.9. The number of carbonyl (C=O) groups excluding carboxylic acids is 1. The lowest BCUT2D eigenvalue weighted by Gasteiger charge is -2.20. The molecule has 1 fully saturated rings. The molecule has 0 unspecified atom stereocenters. The van der Waals surface area contributed by atoms with E-state index in [-0.39, 0.29) is 10.1 Å². The number of benzene rings is 1. The monoisotopic (exact) mass is 396 g/mol. The second-order valence-electron chi connectivity index (χ2n) is 5.71. The van der Waals surface area contributed by atoms with Gasteiger partial charge in [0.1, 0.15) is 5.76 Å². The van der Waals surface area contributed by atoms with Crippen molar-refractivity contribution in [2.45, 2.75) is 16.6 Å². The van der Waals surface area contributed by atoms with Gasteiger partial charge in [0.05, 0.1) is 23.5 Å². The van der Waals surface area contributed by atoms with Crippen LogP contribution in [-0.4, -0.2) is 44.8 Å². The first-order valence-electron chi connectivity index (χ1n) is 8.11. The number of furan rings is 1. The summed E-state index contributed by atoms with van der Waals surface area (Å²) in [5.41, 5.74) is 0.472. The average molecular weight is 396 g/mol. The van der Waals surface area contributed by atoms with Crippen molar-refractivity contribution in [3.05, 3.63) is 48.4 Å². The van der Waals surface area contributed by atoms with Gasteiger partial charge < -0.3 is 9.15 Å². The number of hydrogen-bond acceptors (Lipinski definition) is 6. The lowest BCUT2D eigenvalue weighted by atomic mass is 10.2. The fourth-order valence-corrected chi connectivity index (χ4v) is 5.47. The molecule has 0 aliphatic carbocycles. The van der Waals surface area contributed by atoms with Crippen LogP contribution in [0.5, 0.6) is 0 Å². The van der Waals surface area contributed by atoms with E-state index in [2.05, 4.69) is 10.1 Å². The van der Waals surface area contributed by atoms with Crippen molar-refractivity contribution in [1.82, 2.24) is 4.31 Å². The number of nitrogens with zero attached hydrogens (tertiary/aromatic N) is 1. The van der Waals surface area contributed by atoms with Gasteiger partial charge in [0.2, 0.25) is 10.0 Å². The minimum Gasteiger partial charge on any atom is -0.468 e. The van der Waals surface area contributed by atoms with Crippen molar-refractivity contribution in [2.75, 3.05) is 31.3 Å². The zero-order valence-corrected chi connectivity index (χ0v) is 15.9. The number of ether oxygens (including phenoxy) is 1. The van der Waals surface area contributed by atoms with E-state index in [0.717, 1.165) is 5.76 Å². The Morgan fingerprint density at radius 3 is 2.69 bits per heavy atom. The molecule has 0 radical (unpaired) electrons. The van der Waals surface area contributed by atoms with Crippen LogP contribution in [0.15, 0.2) is 52.0 Å². The second-order valence-corrected chi connectivity index (χ2v) is 8.96. The first kappa shape index (κ1) is 18.8. The summed E-state index contributed by atoms with van der Waals surface area (Å²) in [7, 11) is -2.32. The van der Waals surface area contributed by atoms with Crippen LogP contribution in [0.1, 0.15) is 17.4 Å².